The van der Waals surface area contributed by atoms with Gasteiger partial charge in [-0.3, -0.25) is 0 Å². The highest BCUT2D eigenvalue weighted by atomic mass is 16.5. The summed E-state index contributed by atoms with van der Waals surface area (Å²) >= 11 is 0. The Labute approximate surface area is 68.9 Å². The van der Waals surface area contributed by atoms with E-state index in [9.17, 15) is 4.79 Å². The molecule has 0 aliphatic heterocycles. The molecule has 1 aromatic heterocycles. The first-order valence-corrected chi connectivity index (χ1v) is 3.41. The van der Waals surface area contributed by atoms with Crippen molar-refractivity contribution in [3.8, 4) is 0 Å². The third-order valence-corrected chi connectivity index (χ3v) is 1.41. The molecule has 1 rings (SSSR count). The smallest absolute Gasteiger partial charge is 0.340 e. The topological polar surface area (TPSA) is 72.6 Å². The maximum atomic E-state index is 10.5. The monoisotopic (exact) mass is 171 g/mol. The van der Waals surface area contributed by atoms with Gasteiger partial charge in [0.05, 0.1) is 12.8 Å². The summed E-state index contributed by atoms with van der Waals surface area (Å²) in [5.41, 5.74) is 0.104. The summed E-state index contributed by atoms with van der Waals surface area (Å²) in [5, 5.41) is 12.0. The molecule has 12 heavy (non-hydrogen) atoms. The fourth-order valence-corrected chi connectivity index (χ4v) is 0.813. The lowest BCUT2D eigenvalue weighted by Crippen LogP contribution is -2.01. The van der Waals surface area contributed by atoms with Crippen LogP contribution in [0.3, 0.4) is 0 Å². The molecular weight excluding hydrogens is 162 g/mol. The molecule has 5 heteroatoms. The van der Waals surface area contributed by atoms with Gasteiger partial charge in [0.15, 0.2) is 5.76 Å². The number of aromatic carboxylic acids is 1. The van der Waals surface area contributed by atoms with Gasteiger partial charge in [-0.1, -0.05) is 5.16 Å². The van der Waals surface area contributed by atoms with Crippen LogP contribution in [-0.2, 0) is 11.2 Å². The molecule has 0 aliphatic rings. The number of hydrogen-bond acceptors (Lipinski definition) is 4. The first-order chi connectivity index (χ1) is 5.75. The van der Waals surface area contributed by atoms with Gasteiger partial charge in [-0.15, -0.1) is 0 Å². The zero-order valence-electron chi connectivity index (χ0n) is 6.61. The number of carboxylic acid groups (broad SMARTS) is 1. The van der Waals surface area contributed by atoms with Crippen molar-refractivity contribution in [1.82, 2.24) is 5.16 Å². The van der Waals surface area contributed by atoms with Gasteiger partial charge in [-0.2, -0.15) is 0 Å². The molecule has 0 spiro atoms. The van der Waals surface area contributed by atoms with E-state index in [4.69, 9.17) is 14.4 Å². The van der Waals surface area contributed by atoms with Crippen molar-refractivity contribution in [1.29, 1.82) is 0 Å². The first kappa shape index (κ1) is 8.73. The molecule has 0 unspecified atom stereocenters. The minimum atomic E-state index is -1.03. The molecule has 0 fully saturated rings. The highest BCUT2D eigenvalue weighted by molar-refractivity contribution is 5.88. The lowest BCUT2D eigenvalue weighted by Gasteiger charge is -1.94. The first-order valence-electron chi connectivity index (χ1n) is 3.41. The fourth-order valence-electron chi connectivity index (χ4n) is 0.813. The van der Waals surface area contributed by atoms with Crippen molar-refractivity contribution in [2.24, 2.45) is 0 Å². The van der Waals surface area contributed by atoms with Gasteiger partial charge < -0.3 is 14.4 Å². The number of hydrogen-bond donors (Lipinski definition) is 1. The molecular formula is C7H9NO4. The zero-order valence-corrected chi connectivity index (χ0v) is 6.61. The van der Waals surface area contributed by atoms with Gasteiger partial charge in [0.25, 0.3) is 0 Å². The summed E-state index contributed by atoms with van der Waals surface area (Å²) in [7, 11) is 1.54. The summed E-state index contributed by atoms with van der Waals surface area (Å²) in [6, 6.07) is 0. The summed E-state index contributed by atoms with van der Waals surface area (Å²) in [6.07, 6.45) is 1.62. The predicted octanol–water partition coefficient (Wildman–Crippen LogP) is 0.562. The van der Waals surface area contributed by atoms with Crippen molar-refractivity contribution in [3.63, 3.8) is 0 Å². The normalized spacial score (nSPS) is 10.1. The number of carboxylic acids is 1. The van der Waals surface area contributed by atoms with Gasteiger partial charge in [0.1, 0.15) is 5.56 Å². The molecule has 0 radical (unpaired) electrons. The van der Waals surface area contributed by atoms with Crippen molar-refractivity contribution in [2.75, 3.05) is 13.7 Å². The van der Waals surface area contributed by atoms with Gasteiger partial charge >= 0.3 is 5.97 Å². The average molecular weight is 171 g/mol. The second-order valence-electron chi connectivity index (χ2n) is 2.21. The Kier molecular flexibility index (Phi) is 2.82. The molecule has 0 saturated carbocycles. The summed E-state index contributed by atoms with van der Waals surface area (Å²) in [5.74, 6) is -0.674. The molecule has 1 heterocycles. The van der Waals surface area contributed by atoms with E-state index in [-0.39, 0.29) is 5.56 Å². The minimum Gasteiger partial charge on any atom is -0.478 e. The van der Waals surface area contributed by atoms with Crippen molar-refractivity contribution in [3.05, 3.63) is 17.5 Å². The van der Waals surface area contributed by atoms with E-state index in [1.165, 1.54) is 13.3 Å². The zero-order chi connectivity index (χ0) is 8.97. The van der Waals surface area contributed by atoms with Crippen LogP contribution in [0.5, 0.6) is 0 Å². The molecule has 5 nitrogen and oxygen atoms in total. The van der Waals surface area contributed by atoms with Crippen LogP contribution < -0.4 is 0 Å². The van der Waals surface area contributed by atoms with Crippen molar-refractivity contribution in [2.45, 2.75) is 6.42 Å². The van der Waals surface area contributed by atoms with Gasteiger partial charge in [-0.25, -0.2) is 4.79 Å². The molecule has 1 N–H and O–H groups in total. The van der Waals surface area contributed by atoms with Crippen LogP contribution in [0.2, 0.25) is 0 Å². The Bertz CT molecular complexity index is 268. The minimum absolute atomic E-state index is 0.104. The fraction of sp³-hybridized carbons (Fsp3) is 0.429. The van der Waals surface area contributed by atoms with Gasteiger partial charge in [-0.05, 0) is 0 Å². The molecule has 0 bridgehead atoms. The molecule has 1 aromatic rings. The molecule has 0 saturated heterocycles. The van der Waals surface area contributed by atoms with Crippen LogP contribution in [0.15, 0.2) is 10.7 Å². The highest BCUT2D eigenvalue weighted by Crippen LogP contribution is 2.08. The average Bonchev–Trinajstić information content (AvgIpc) is 2.48. The van der Waals surface area contributed by atoms with Crippen molar-refractivity contribution < 1.29 is 19.2 Å². The van der Waals surface area contributed by atoms with Crippen LogP contribution >= 0.6 is 0 Å². The second kappa shape index (κ2) is 3.87. The predicted molar refractivity (Wildman–Crippen MR) is 39.0 cm³/mol. The van der Waals surface area contributed by atoms with E-state index < -0.39 is 5.97 Å². The lowest BCUT2D eigenvalue weighted by molar-refractivity contribution is 0.0693. The van der Waals surface area contributed by atoms with Gasteiger partial charge in [0, 0.05) is 13.5 Å². The number of rotatable bonds is 4. The third kappa shape index (κ3) is 1.82. The maximum absolute atomic E-state index is 10.5. The summed E-state index contributed by atoms with van der Waals surface area (Å²) < 4.78 is 9.49. The van der Waals surface area contributed by atoms with E-state index in [1.807, 2.05) is 0 Å². The number of methoxy groups -OCH3 is 1. The van der Waals surface area contributed by atoms with Crippen LogP contribution in [0.25, 0.3) is 0 Å². The SMILES string of the molecule is COCCc1oncc1C(=O)O. The van der Waals surface area contributed by atoms with Crippen molar-refractivity contribution >= 4 is 5.97 Å². The van der Waals surface area contributed by atoms with Crippen LogP contribution in [-0.4, -0.2) is 29.9 Å². The lowest BCUT2D eigenvalue weighted by atomic mass is 10.2. The largest absolute Gasteiger partial charge is 0.478 e. The molecule has 0 aromatic carbocycles. The molecule has 0 aliphatic carbocycles. The maximum Gasteiger partial charge on any atom is 0.340 e. The molecule has 0 atom stereocenters. The molecule has 0 amide bonds. The Morgan fingerprint density at radius 3 is 3.17 bits per heavy atom. The Morgan fingerprint density at radius 2 is 2.58 bits per heavy atom. The Hall–Kier alpha value is -1.36. The van der Waals surface area contributed by atoms with Crippen LogP contribution in [0.4, 0.5) is 0 Å². The number of ether oxygens (including phenoxy) is 1. The number of carbonyl (C=O) groups is 1. The van der Waals surface area contributed by atoms with E-state index in [0.29, 0.717) is 18.8 Å². The van der Waals surface area contributed by atoms with E-state index >= 15 is 0 Å². The number of nitrogens with zero attached hydrogens (tertiary/aromatic N) is 1. The Balaban J connectivity index is 2.70. The number of aromatic nitrogens is 1. The Morgan fingerprint density at radius 1 is 1.83 bits per heavy atom. The van der Waals surface area contributed by atoms with Crippen LogP contribution in [0, 0.1) is 0 Å². The summed E-state index contributed by atoms with van der Waals surface area (Å²) in [6.45, 7) is 0.426. The third-order valence-electron chi connectivity index (χ3n) is 1.41. The second-order valence-corrected chi connectivity index (χ2v) is 2.21. The van der Waals surface area contributed by atoms with E-state index in [0.717, 1.165) is 0 Å². The molecule has 66 valence electrons. The standard InChI is InChI=1S/C7H9NO4/c1-11-3-2-6-5(7(9)10)4-8-12-6/h4H,2-3H2,1H3,(H,9,10). The van der Waals surface area contributed by atoms with Crippen LogP contribution in [0.1, 0.15) is 16.1 Å². The van der Waals surface area contributed by atoms with Gasteiger partial charge in [0.2, 0.25) is 0 Å². The highest BCUT2D eigenvalue weighted by Gasteiger charge is 2.13. The quantitative estimate of drug-likeness (QED) is 0.716. The summed E-state index contributed by atoms with van der Waals surface area (Å²) in [4.78, 5) is 10.5. The van der Waals surface area contributed by atoms with E-state index in [2.05, 4.69) is 5.16 Å². The van der Waals surface area contributed by atoms with E-state index in [1.54, 1.807) is 0 Å².